The van der Waals surface area contributed by atoms with Crippen LogP contribution in [0.25, 0.3) is 0 Å². The van der Waals surface area contributed by atoms with Gasteiger partial charge in [0, 0.05) is 4.47 Å². The summed E-state index contributed by atoms with van der Waals surface area (Å²) in [5.41, 5.74) is 0.947. The van der Waals surface area contributed by atoms with Crippen molar-refractivity contribution in [2.75, 3.05) is 0 Å². The Morgan fingerprint density at radius 2 is 2.06 bits per heavy atom. The molecule has 2 aromatic rings. The van der Waals surface area contributed by atoms with E-state index in [4.69, 9.17) is 9.68 Å². The molecule has 1 atom stereocenters. The summed E-state index contributed by atoms with van der Waals surface area (Å²) in [7, 11) is 0. The molecular formula is C13H11BrN2O. The third kappa shape index (κ3) is 3.19. The molecule has 0 aliphatic carbocycles. The number of hydrogen-bond acceptors (Lipinski definition) is 3. The molecule has 1 heterocycles. The third-order valence-corrected chi connectivity index (χ3v) is 2.92. The Bertz CT molecular complexity index is 499. The molecule has 1 unspecified atom stereocenters. The zero-order chi connectivity index (χ0) is 12.1. The molecule has 0 aliphatic rings. The fourth-order valence-corrected chi connectivity index (χ4v) is 1.77. The van der Waals surface area contributed by atoms with E-state index in [0.29, 0.717) is 6.54 Å². The lowest BCUT2D eigenvalue weighted by Gasteiger charge is -2.10. The van der Waals surface area contributed by atoms with Crippen molar-refractivity contribution in [3.63, 3.8) is 0 Å². The van der Waals surface area contributed by atoms with Crippen molar-refractivity contribution in [3.8, 4) is 6.07 Å². The smallest absolute Gasteiger partial charge is 0.121 e. The van der Waals surface area contributed by atoms with Gasteiger partial charge in [-0.15, -0.1) is 0 Å². The van der Waals surface area contributed by atoms with Gasteiger partial charge in [0.2, 0.25) is 0 Å². The van der Waals surface area contributed by atoms with Crippen molar-refractivity contribution in [1.29, 1.82) is 5.26 Å². The Kier molecular flexibility index (Phi) is 3.97. The molecule has 0 saturated carbocycles. The molecule has 1 N–H and O–H groups in total. The number of rotatable bonds is 4. The highest BCUT2D eigenvalue weighted by atomic mass is 79.9. The van der Waals surface area contributed by atoms with Crippen molar-refractivity contribution in [1.82, 2.24) is 5.32 Å². The number of benzene rings is 1. The number of hydrogen-bond donors (Lipinski definition) is 1. The van der Waals surface area contributed by atoms with E-state index >= 15 is 0 Å². The molecule has 0 bridgehead atoms. The molecule has 86 valence electrons. The third-order valence-electron chi connectivity index (χ3n) is 2.39. The Morgan fingerprint density at radius 3 is 2.65 bits per heavy atom. The molecule has 1 aromatic carbocycles. The molecule has 3 nitrogen and oxygen atoms in total. The highest BCUT2D eigenvalue weighted by molar-refractivity contribution is 9.10. The van der Waals surface area contributed by atoms with Gasteiger partial charge in [0.15, 0.2) is 0 Å². The summed E-state index contributed by atoms with van der Waals surface area (Å²) in [4.78, 5) is 0. The summed E-state index contributed by atoms with van der Waals surface area (Å²) in [6, 6.07) is 13.3. The van der Waals surface area contributed by atoms with Crippen LogP contribution < -0.4 is 5.32 Å². The first-order valence-electron chi connectivity index (χ1n) is 5.20. The highest BCUT2D eigenvalue weighted by Crippen LogP contribution is 2.17. The van der Waals surface area contributed by atoms with Crippen molar-refractivity contribution in [2.24, 2.45) is 0 Å². The summed E-state index contributed by atoms with van der Waals surface area (Å²) in [6.07, 6.45) is 1.62. The van der Waals surface area contributed by atoms with Crippen LogP contribution in [0, 0.1) is 11.3 Å². The van der Waals surface area contributed by atoms with Gasteiger partial charge in [0.05, 0.1) is 18.9 Å². The van der Waals surface area contributed by atoms with Gasteiger partial charge in [-0.3, -0.25) is 5.32 Å². The van der Waals surface area contributed by atoms with E-state index < -0.39 is 0 Å². The lowest BCUT2D eigenvalue weighted by molar-refractivity contribution is 0.473. The summed E-state index contributed by atoms with van der Waals surface area (Å²) < 4.78 is 6.21. The molecule has 0 saturated heterocycles. The maximum absolute atomic E-state index is 9.12. The van der Waals surface area contributed by atoms with Crippen molar-refractivity contribution >= 4 is 15.9 Å². The SMILES string of the molecule is N#CC(NCc1ccco1)c1ccc(Br)cc1. The molecular weight excluding hydrogens is 280 g/mol. The van der Waals surface area contributed by atoms with Crippen molar-refractivity contribution in [3.05, 3.63) is 58.5 Å². The summed E-state index contributed by atoms with van der Waals surface area (Å²) in [5, 5.41) is 12.3. The quantitative estimate of drug-likeness (QED) is 0.939. The highest BCUT2D eigenvalue weighted by Gasteiger charge is 2.09. The molecule has 0 aliphatic heterocycles. The largest absolute Gasteiger partial charge is 0.468 e. The van der Waals surface area contributed by atoms with Crippen LogP contribution in [0.5, 0.6) is 0 Å². The van der Waals surface area contributed by atoms with Gasteiger partial charge in [0.1, 0.15) is 11.8 Å². The average molecular weight is 291 g/mol. The molecule has 1 aromatic heterocycles. The van der Waals surface area contributed by atoms with Gasteiger partial charge in [-0.25, -0.2) is 0 Å². The maximum Gasteiger partial charge on any atom is 0.121 e. The van der Waals surface area contributed by atoms with Gasteiger partial charge in [-0.05, 0) is 29.8 Å². The van der Waals surface area contributed by atoms with Crippen LogP contribution in [0.2, 0.25) is 0 Å². The Balaban J connectivity index is 2.02. The van der Waals surface area contributed by atoms with Crippen LogP contribution in [-0.2, 0) is 6.54 Å². The Labute approximate surface area is 108 Å². The molecule has 4 heteroatoms. The minimum atomic E-state index is -0.326. The first kappa shape index (κ1) is 11.9. The van der Waals surface area contributed by atoms with Crippen molar-refractivity contribution in [2.45, 2.75) is 12.6 Å². The van der Waals surface area contributed by atoms with Crippen molar-refractivity contribution < 1.29 is 4.42 Å². The van der Waals surface area contributed by atoms with E-state index in [2.05, 4.69) is 27.3 Å². The minimum Gasteiger partial charge on any atom is -0.468 e. The molecule has 0 spiro atoms. The Hall–Kier alpha value is -1.57. The van der Waals surface area contributed by atoms with E-state index in [-0.39, 0.29) is 6.04 Å². The van der Waals surface area contributed by atoms with E-state index in [1.807, 2.05) is 36.4 Å². The first-order chi connectivity index (χ1) is 8.29. The fourth-order valence-electron chi connectivity index (χ4n) is 1.51. The number of nitriles is 1. The average Bonchev–Trinajstić information content (AvgIpc) is 2.85. The van der Waals surface area contributed by atoms with Gasteiger partial charge in [-0.1, -0.05) is 28.1 Å². The van der Waals surface area contributed by atoms with Crippen LogP contribution in [0.15, 0.2) is 51.6 Å². The number of nitrogens with zero attached hydrogens (tertiary/aromatic N) is 1. The van der Waals surface area contributed by atoms with Crippen LogP contribution in [0.3, 0.4) is 0 Å². The van der Waals surface area contributed by atoms with E-state index in [9.17, 15) is 0 Å². The monoisotopic (exact) mass is 290 g/mol. The van der Waals surface area contributed by atoms with Crippen LogP contribution >= 0.6 is 15.9 Å². The van der Waals surface area contributed by atoms with Crippen LogP contribution in [-0.4, -0.2) is 0 Å². The predicted octanol–water partition coefficient (Wildman–Crippen LogP) is 3.40. The van der Waals surface area contributed by atoms with E-state index in [1.54, 1.807) is 6.26 Å². The second-order valence-electron chi connectivity index (χ2n) is 3.57. The lowest BCUT2D eigenvalue weighted by Crippen LogP contribution is -2.19. The van der Waals surface area contributed by atoms with E-state index in [1.165, 1.54) is 0 Å². The molecule has 0 radical (unpaired) electrons. The second-order valence-corrected chi connectivity index (χ2v) is 4.49. The second kappa shape index (κ2) is 5.67. The van der Waals surface area contributed by atoms with Gasteiger partial charge < -0.3 is 4.42 Å². The van der Waals surface area contributed by atoms with E-state index in [0.717, 1.165) is 15.8 Å². The predicted molar refractivity (Wildman–Crippen MR) is 68.0 cm³/mol. The van der Waals surface area contributed by atoms with Crippen LogP contribution in [0.4, 0.5) is 0 Å². The zero-order valence-corrected chi connectivity index (χ0v) is 10.6. The topological polar surface area (TPSA) is 49.0 Å². The summed E-state index contributed by atoms with van der Waals surface area (Å²) >= 11 is 3.37. The van der Waals surface area contributed by atoms with Crippen LogP contribution in [0.1, 0.15) is 17.4 Å². The standard InChI is InChI=1S/C13H11BrN2O/c14-11-5-3-10(4-6-11)13(8-15)16-9-12-2-1-7-17-12/h1-7,13,16H,9H2. The summed E-state index contributed by atoms with van der Waals surface area (Å²) in [6.45, 7) is 0.543. The molecule has 2 rings (SSSR count). The van der Waals surface area contributed by atoms with Gasteiger partial charge in [-0.2, -0.15) is 5.26 Å². The molecule has 17 heavy (non-hydrogen) atoms. The summed E-state index contributed by atoms with van der Waals surface area (Å²) in [5.74, 6) is 0.822. The maximum atomic E-state index is 9.12. The normalized spacial score (nSPS) is 12.0. The lowest BCUT2D eigenvalue weighted by atomic mass is 10.1. The number of nitrogens with one attached hydrogen (secondary N) is 1. The Morgan fingerprint density at radius 1 is 1.29 bits per heavy atom. The minimum absolute atomic E-state index is 0.326. The molecule has 0 fully saturated rings. The van der Waals surface area contributed by atoms with Gasteiger partial charge in [0.25, 0.3) is 0 Å². The molecule has 0 amide bonds. The fraction of sp³-hybridized carbons (Fsp3) is 0.154. The first-order valence-corrected chi connectivity index (χ1v) is 6.00. The van der Waals surface area contributed by atoms with Gasteiger partial charge >= 0.3 is 0 Å². The zero-order valence-electron chi connectivity index (χ0n) is 9.06. The number of halogens is 1. The number of furan rings is 1.